The molecule has 0 aliphatic carbocycles. The second-order valence-corrected chi connectivity index (χ2v) is 3.78. The average Bonchev–Trinajstić information content (AvgIpc) is 2.28. The van der Waals surface area contributed by atoms with E-state index in [4.69, 9.17) is 9.84 Å². The predicted octanol–water partition coefficient (Wildman–Crippen LogP) is 2.08. The third kappa shape index (κ3) is 3.83. The van der Waals surface area contributed by atoms with Gasteiger partial charge in [-0.2, -0.15) is 0 Å². The molecule has 0 fully saturated rings. The van der Waals surface area contributed by atoms with Gasteiger partial charge in [-0.25, -0.2) is 4.79 Å². The van der Waals surface area contributed by atoms with Crippen molar-refractivity contribution in [3.63, 3.8) is 0 Å². The van der Waals surface area contributed by atoms with Gasteiger partial charge in [0.25, 0.3) is 0 Å². The van der Waals surface area contributed by atoms with Crippen molar-refractivity contribution in [2.24, 2.45) is 0 Å². The van der Waals surface area contributed by atoms with E-state index in [9.17, 15) is 4.79 Å². The Labute approximate surface area is 101 Å². The maximum atomic E-state index is 10.3. The number of hydrogen-bond donors (Lipinski definition) is 1. The number of hydrogen-bond acceptors (Lipinski definition) is 3. The quantitative estimate of drug-likeness (QED) is 0.794. The SMILES string of the molecule is COc1ccc(N(C)C/C=C/C(=O)O)cc1C. The van der Waals surface area contributed by atoms with Crippen molar-refractivity contribution < 1.29 is 14.6 Å². The van der Waals surface area contributed by atoms with Crippen LogP contribution in [-0.2, 0) is 4.79 Å². The van der Waals surface area contributed by atoms with Crippen LogP contribution in [-0.4, -0.2) is 31.8 Å². The molecule has 0 aliphatic rings. The van der Waals surface area contributed by atoms with E-state index >= 15 is 0 Å². The van der Waals surface area contributed by atoms with Crippen LogP contribution >= 0.6 is 0 Å². The summed E-state index contributed by atoms with van der Waals surface area (Å²) in [5.41, 5.74) is 2.08. The number of carboxylic acid groups (broad SMARTS) is 1. The zero-order chi connectivity index (χ0) is 12.8. The van der Waals surface area contributed by atoms with Crippen LogP contribution in [0.15, 0.2) is 30.4 Å². The number of benzene rings is 1. The molecule has 17 heavy (non-hydrogen) atoms. The van der Waals surface area contributed by atoms with Gasteiger partial charge in [0.15, 0.2) is 0 Å². The third-order valence-corrected chi connectivity index (χ3v) is 2.46. The number of anilines is 1. The van der Waals surface area contributed by atoms with E-state index in [0.717, 1.165) is 23.1 Å². The number of aliphatic carboxylic acids is 1. The Kier molecular flexibility index (Phi) is 4.57. The first kappa shape index (κ1) is 13.1. The minimum atomic E-state index is -0.927. The molecule has 0 spiro atoms. The largest absolute Gasteiger partial charge is 0.496 e. The highest BCUT2D eigenvalue weighted by atomic mass is 16.5. The lowest BCUT2D eigenvalue weighted by molar-refractivity contribution is -0.131. The highest BCUT2D eigenvalue weighted by molar-refractivity contribution is 5.79. The molecule has 0 heterocycles. The van der Waals surface area contributed by atoms with Gasteiger partial charge in [0.1, 0.15) is 5.75 Å². The van der Waals surface area contributed by atoms with Gasteiger partial charge in [-0.15, -0.1) is 0 Å². The summed E-state index contributed by atoms with van der Waals surface area (Å²) in [5.74, 6) is -0.0764. The lowest BCUT2D eigenvalue weighted by Crippen LogP contribution is -2.17. The molecule has 0 bridgehead atoms. The normalized spacial score (nSPS) is 10.5. The van der Waals surface area contributed by atoms with Gasteiger partial charge in [0.2, 0.25) is 0 Å². The molecule has 92 valence electrons. The number of carbonyl (C=O) groups is 1. The van der Waals surface area contributed by atoms with Gasteiger partial charge in [-0.3, -0.25) is 0 Å². The lowest BCUT2D eigenvalue weighted by atomic mass is 10.2. The van der Waals surface area contributed by atoms with Crippen LogP contribution < -0.4 is 9.64 Å². The Morgan fingerprint density at radius 3 is 2.76 bits per heavy atom. The predicted molar refractivity (Wildman–Crippen MR) is 67.8 cm³/mol. The number of nitrogens with zero attached hydrogens (tertiary/aromatic N) is 1. The molecule has 4 heteroatoms. The fourth-order valence-electron chi connectivity index (χ4n) is 1.52. The van der Waals surface area contributed by atoms with Crippen molar-refractivity contribution in [3.05, 3.63) is 35.9 Å². The molecule has 0 aliphatic heterocycles. The van der Waals surface area contributed by atoms with Crippen LogP contribution in [0.2, 0.25) is 0 Å². The molecule has 0 saturated carbocycles. The summed E-state index contributed by atoms with van der Waals surface area (Å²) < 4.78 is 5.18. The van der Waals surface area contributed by atoms with Crippen molar-refractivity contribution in [2.75, 3.05) is 25.6 Å². The van der Waals surface area contributed by atoms with Crippen LogP contribution in [0.25, 0.3) is 0 Å². The van der Waals surface area contributed by atoms with Crippen LogP contribution in [0.1, 0.15) is 5.56 Å². The van der Waals surface area contributed by atoms with E-state index in [2.05, 4.69) is 0 Å². The van der Waals surface area contributed by atoms with Gasteiger partial charge in [-0.1, -0.05) is 6.08 Å². The maximum Gasteiger partial charge on any atom is 0.328 e. The van der Waals surface area contributed by atoms with E-state index in [1.165, 1.54) is 0 Å². The summed E-state index contributed by atoms with van der Waals surface area (Å²) in [6.45, 7) is 2.53. The Hall–Kier alpha value is -1.97. The molecule has 0 atom stereocenters. The molecule has 0 saturated heterocycles. The fourth-order valence-corrected chi connectivity index (χ4v) is 1.52. The average molecular weight is 235 g/mol. The molecule has 4 nitrogen and oxygen atoms in total. The Morgan fingerprint density at radius 2 is 2.24 bits per heavy atom. The molecule has 1 rings (SSSR count). The van der Waals surface area contributed by atoms with Crippen molar-refractivity contribution >= 4 is 11.7 Å². The maximum absolute atomic E-state index is 10.3. The Bertz CT molecular complexity index is 427. The van der Waals surface area contributed by atoms with Crippen LogP contribution in [0.5, 0.6) is 5.75 Å². The second kappa shape index (κ2) is 5.94. The number of carboxylic acids is 1. The van der Waals surface area contributed by atoms with Gasteiger partial charge < -0.3 is 14.7 Å². The molecule has 0 unspecified atom stereocenters. The zero-order valence-corrected chi connectivity index (χ0v) is 10.3. The summed E-state index contributed by atoms with van der Waals surface area (Å²) in [7, 11) is 3.55. The smallest absolute Gasteiger partial charge is 0.328 e. The Balaban J connectivity index is 2.72. The van der Waals surface area contributed by atoms with E-state index in [1.807, 2.05) is 37.1 Å². The number of aryl methyl sites for hydroxylation is 1. The van der Waals surface area contributed by atoms with Crippen molar-refractivity contribution in [2.45, 2.75) is 6.92 Å². The summed E-state index contributed by atoms with van der Waals surface area (Å²) in [4.78, 5) is 12.3. The van der Waals surface area contributed by atoms with Gasteiger partial charge in [-0.05, 0) is 30.7 Å². The van der Waals surface area contributed by atoms with Crippen LogP contribution in [0.3, 0.4) is 0 Å². The fraction of sp³-hybridized carbons (Fsp3) is 0.308. The summed E-state index contributed by atoms with van der Waals surface area (Å²) in [6, 6.07) is 5.86. The highest BCUT2D eigenvalue weighted by Gasteiger charge is 2.03. The van der Waals surface area contributed by atoms with E-state index < -0.39 is 5.97 Å². The molecular weight excluding hydrogens is 218 g/mol. The summed E-state index contributed by atoms with van der Waals surface area (Å²) in [6.07, 6.45) is 2.76. The second-order valence-electron chi connectivity index (χ2n) is 3.78. The minimum Gasteiger partial charge on any atom is -0.496 e. The molecule has 0 radical (unpaired) electrons. The van der Waals surface area contributed by atoms with E-state index in [0.29, 0.717) is 6.54 Å². The first-order valence-corrected chi connectivity index (χ1v) is 5.30. The van der Waals surface area contributed by atoms with Crippen molar-refractivity contribution in [1.29, 1.82) is 0 Å². The Morgan fingerprint density at radius 1 is 1.53 bits per heavy atom. The number of methoxy groups -OCH3 is 1. The molecular formula is C13H17NO3. The minimum absolute atomic E-state index is 0.554. The molecule has 1 aromatic carbocycles. The van der Waals surface area contributed by atoms with Gasteiger partial charge >= 0.3 is 5.97 Å². The van der Waals surface area contributed by atoms with E-state index in [-0.39, 0.29) is 0 Å². The first-order chi connectivity index (χ1) is 8.04. The molecule has 0 amide bonds. The zero-order valence-electron chi connectivity index (χ0n) is 10.3. The number of rotatable bonds is 5. The third-order valence-electron chi connectivity index (χ3n) is 2.46. The van der Waals surface area contributed by atoms with Gasteiger partial charge in [0, 0.05) is 25.4 Å². The van der Waals surface area contributed by atoms with Gasteiger partial charge in [0.05, 0.1) is 7.11 Å². The van der Waals surface area contributed by atoms with Crippen molar-refractivity contribution in [3.8, 4) is 5.75 Å². The number of likely N-dealkylation sites (N-methyl/N-ethyl adjacent to an activating group) is 1. The first-order valence-electron chi connectivity index (χ1n) is 5.30. The summed E-state index contributed by atoms with van der Waals surface area (Å²) >= 11 is 0. The molecule has 1 N–H and O–H groups in total. The standard InChI is InChI=1S/C13H17NO3/c1-10-9-11(6-7-12(10)17-3)14(2)8-4-5-13(15)16/h4-7,9H,8H2,1-3H3,(H,15,16)/b5-4+. The molecule has 0 aromatic heterocycles. The monoisotopic (exact) mass is 235 g/mol. The van der Waals surface area contributed by atoms with Crippen LogP contribution in [0, 0.1) is 6.92 Å². The number of ether oxygens (including phenoxy) is 1. The van der Waals surface area contributed by atoms with Crippen LogP contribution in [0.4, 0.5) is 5.69 Å². The lowest BCUT2D eigenvalue weighted by Gasteiger charge is -2.18. The molecule has 1 aromatic rings. The summed E-state index contributed by atoms with van der Waals surface area (Å²) in [5, 5.41) is 8.49. The van der Waals surface area contributed by atoms with Crippen molar-refractivity contribution in [1.82, 2.24) is 0 Å². The topological polar surface area (TPSA) is 49.8 Å². The highest BCUT2D eigenvalue weighted by Crippen LogP contribution is 2.23. The van der Waals surface area contributed by atoms with E-state index in [1.54, 1.807) is 13.2 Å².